The molecule has 8 heteroatoms. The summed E-state index contributed by atoms with van der Waals surface area (Å²) in [5, 5.41) is 2.73. The molecule has 0 aromatic heterocycles. The highest BCUT2D eigenvalue weighted by atomic mass is 32.2. The van der Waals surface area contributed by atoms with E-state index >= 15 is 0 Å². The van der Waals surface area contributed by atoms with E-state index in [-0.39, 0.29) is 11.6 Å². The Bertz CT molecular complexity index is 619. The van der Waals surface area contributed by atoms with Crippen molar-refractivity contribution in [2.45, 2.75) is 32.7 Å². The summed E-state index contributed by atoms with van der Waals surface area (Å²) in [6.45, 7) is 5.15. The fourth-order valence-electron chi connectivity index (χ4n) is 2.30. The third kappa shape index (κ3) is 6.09. The average molecular weight is 360 g/mol. The summed E-state index contributed by atoms with van der Waals surface area (Å²) in [5.74, 6) is -0.857. The maximum atomic E-state index is 13.1. The fourth-order valence-corrected chi connectivity index (χ4v) is 3.51. The van der Waals surface area contributed by atoms with Crippen LogP contribution in [-0.2, 0) is 19.6 Å². The molecule has 0 aliphatic heterocycles. The van der Waals surface area contributed by atoms with E-state index in [9.17, 15) is 17.6 Å². The van der Waals surface area contributed by atoms with Gasteiger partial charge in [-0.05, 0) is 44.0 Å². The molecule has 0 radical (unpaired) electrons. The molecule has 0 fully saturated rings. The molecular formula is C16H25FN2O4S. The number of halogens is 1. The van der Waals surface area contributed by atoms with Crippen molar-refractivity contribution in [3.8, 4) is 0 Å². The van der Waals surface area contributed by atoms with Gasteiger partial charge < -0.3 is 10.1 Å². The van der Waals surface area contributed by atoms with Gasteiger partial charge in [0, 0.05) is 19.8 Å². The van der Waals surface area contributed by atoms with Crippen molar-refractivity contribution < 1.29 is 22.3 Å². The van der Waals surface area contributed by atoms with E-state index in [2.05, 4.69) is 5.32 Å². The van der Waals surface area contributed by atoms with Crippen LogP contribution in [0.5, 0.6) is 0 Å². The topological polar surface area (TPSA) is 75.7 Å². The van der Waals surface area contributed by atoms with E-state index < -0.39 is 21.9 Å². The number of carbonyl (C=O) groups excluding carboxylic acids is 1. The van der Waals surface area contributed by atoms with Crippen LogP contribution in [0.1, 0.15) is 26.7 Å². The number of amides is 1. The minimum absolute atomic E-state index is 0.259. The second-order valence-corrected chi connectivity index (χ2v) is 7.16. The second kappa shape index (κ2) is 9.58. The van der Waals surface area contributed by atoms with Crippen molar-refractivity contribution in [3.05, 3.63) is 30.1 Å². The minimum atomic E-state index is -3.70. The van der Waals surface area contributed by atoms with Crippen LogP contribution in [0.2, 0.25) is 0 Å². The lowest BCUT2D eigenvalue weighted by molar-refractivity contribution is -0.122. The second-order valence-electron chi connectivity index (χ2n) is 5.30. The first-order chi connectivity index (χ1) is 11.3. The molecule has 0 bridgehead atoms. The zero-order chi connectivity index (χ0) is 18.2. The maximum absolute atomic E-state index is 13.1. The lowest BCUT2D eigenvalue weighted by Crippen LogP contribution is -2.49. The Balaban J connectivity index is 2.90. The van der Waals surface area contributed by atoms with Gasteiger partial charge >= 0.3 is 0 Å². The number of hydrogen-bond donors (Lipinski definition) is 1. The van der Waals surface area contributed by atoms with Gasteiger partial charge in [-0.2, -0.15) is 0 Å². The molecule has 1 atom stereocenters. The van der Waals surface area contributed by atoms with Crippen molar-refractivity contribution in [2.75, 3.05) is 30.3 Å². The SMILES string of the molecule is CCOCCCNC(=O)[C@@H](CC)N(c1ccc(F)cc1)S(C)(=O)=O. The van der Waals surface area contributed by atoms with Gasteiger partial charge in [-0.25, -0.2) is 12.8 Å². The van der Waals surface area contributed by atoms with Gasteiger partial charge in [-0.3, -0.25) is 9.10 Å². The van der Waals surface area contributed by atoms with Gasteiger partial charge in [0.15, 0.2) is 0 Å². The number of nitrogens with one attached hydrogen (secondary N) is 1. The van der Waals surface area contributed by atoms with Crippen LogP contribution in [-0.4, -0.2) is 46.4 Å². The Labute approximate surface area is 143 Å². The van der Waals surface area contributed by atoms with Crippen LogP contribution in [0.4, 0.5) is 10.1 Å². The van der Waals surface area contributed by atoms with Crippen molar-refractivity contribution in [1.29, 1.82) is 0 Å². The highest BCUT2D eigenvalue weighted by Gasteiger charge is 2.31. The molecule has 136 valence electrons. The molecule has 0 spiro atoms. The molecule has 0 aliphatic rings. The Hall–Kier alpha value is -1.67. The van der Waals surface area contributed by atoms with Crippen molar-refractivity contribution in [3.63, 3.8) is 0 Å². The molecule has 1 N–H and O–H groups in total. The van der Waals surface area contributed by atoms with E-state index in [1.165, 1.54) is 24.3 Å². The highest BCUT2D eigenvalue weighted by molar-refractivity contribution is 7.92. The fraction of sp³-hybridized carbons (Fsp3) is 0.562. The van der Waals surface area contributed by atoms with Crippen molar-refractivity contribution in [1.82, 2.24) is 5.32 Å². The number of rotatable bonds is 10. The van der Waals surface area contributed by atoms with Gasteiger partial charge in [-0.15, -0.1) is 0 Å². The van der Waals surface area contributed by atoms with E-state index in [0.717, 1.165) is 10.6 Å². The van der Waals surface area contributed by atoms with Crippen LogP contribution in [0, 0.1) is 5.82 Å². The first-order valence-corrected chi connectivity index (χ1v) is 9.76. The zero-order valence-corrected chi connectivity index (χ0v) is 15.1. The lowest BCUT2D eigenvalue weighted by Gasteiger charge is -2.30. The van der Waals surface area contributed by atoms with Crippen LogP contribution in [0.25, 0.3) is 0 Å². The summed E-state index contributed by atoms with van der Waals surface area (Å²) in [5.41, 5.74) is 0.259. The molecule has 24 heavy (non-hydrogen) atoms. The number of sulfonamides is 1. The quantitative estimate of drug-likeness (QED) is 0.647. The summed E-state index contributed by atoms with van der Waals surface area (Å²) in [7, 11) is -3.70. The number of carbonyl (C=O) groups is 1. The minimum Gasteiger partial charge on any atom is -0.382 e. The third-order valence-corrected chi connectivity index (χ3v) is 4.56. The smallest absolute Gasteiger partial charge is 0.243 e. The summed E-state index contributed by atoms with van der Waals surface area (Å²) < 4.78 is 43.7. The van der Waals surface area contributed by atoms with Crippen LogP contribution in [0.3, 0.4) is 0 Å². The summed E-state index contributed by atoms with van der Waals surface area (Å²) in [6.07, 6.45) is 1.97. The molecule has 0 heterocycles. The Morgan fingerprint density at radius 2 is 1.92 bits per heavy atom. The van der Waals surface area contributed by atoms with E-state index in [0.29, 0.717) is 32.6 Å². The zero-order valence-electron chi connectivity index (χ0n) is 14.3. The van der Waals surface area contributed by atoms with Gasteiger partial charge in [0.25, 0.3) is 0 Å². The normalized spacial score (nSPS) is 12.7. The van der Waals surface area contributed by atoms with E-state index in [1.54, 1.807) is 6.92 Å². The molecule has 1 amide bonds. The van der Waals surface area contributed by atoms with E-state index in [4.69, 9.17) is 4.74 Å². The summed E-state index contributed by atoms with van der Waals surface area (Å²) in [4.78, 5) is 12.4. The van der Waals surface area contributed by atoms with Crippen LogP contribution < -0.4 is 9.62 Å². The first-order valence-electron chi connectivity index (χ1n) is 7.91. The molecular weight excluding hydrogens is 335 g/mol. The van der Waals surface area contributed by atoms with Crippen molar-refractivity contribution >= 4 is 21.6 Å². The first kappa shape index (κ1) is 20.4. The number of hydrogen-bond acceptors (Lipinski definition) is 4. The Kier molecular flexibility index (Phi) is 8.14. The predicted molar refractivity (Wildman–Crippen MR) is 91.9 cm³/mol. The monoisotopic (exact) mass is 360 g/mol. The van der Waals surface area contributed by atoms with E-state index in [1.807, 2.05) is 6.92 Å². The van der Waals surface area contributed by atoms with Gasteiger partial charge in [0.2, 0.25) is 15.9 Å². The molecule has 0 saturated carbocycles. The third-order valence-electron chi connectivity index (χ3n) is 3.38. The van der Waals surface area contributed by atoms with Gasteiger partial charge in [0.05, 0.1) is 11.9 Å². The maximum Gasteiger partial charge on any atom is 0.243 e. The molecule has 1 aromatic carbocycles. The number of benzene rings is 1. The molecule has 0 saturated heterocycles. The molecule has 6 nitrogen and oxygen atoms in total. The molecule has 0 unspecified atom stereocenters. The van der Waals surface area contributed by atoms with Crippen molar-refractivity contribution in [2.24, 2.45) is 0 Å². The summed E-state index contributed by atoms with van der Waals surface area (Å²) in [6, 6.07) is 4.14. The molecule has 1 rings (SSSR count). The van der Waals surface area contributed by atoms with Gasteiger partial charge in [0.1, 0.15) is 11.9 Å². The Morgan fingerprint density at radius 3 is 2.42 bits per heavy atom. The molecule has 0 aliphatic carbocycles. The Morgan fingerprint density at radius 1 is 1.29 bits per heavy atom. The van der Waals surface area contributed by atoms with Gasteiger partial charge in [-0.1, -0.05) is 6.92 Å². The standard InChI is InChI=1S/C16H25FN2O4S/c1-4-15(16(20)18-11-6-12-23-5-2)19(24(3,21)22)14-9-7-13(17)8-10-14/h7-10,15H,4-6,11-12H2,1-3H3,(H,18,20)/t15-/m1/s1. The number of nitrogens with zero attached hydrogens (tertiary/aromatic N) is 1. The summed E-state index contributed by atoms with van der Waals surface area (Å²) >= 11 is 0. The largest absolute Gasteiger partial charge is 0.382 e. The highest BCUT2D eigenvalue weighted by Crippen LogP contribution is 2.22. The number of ether oxygens (including phenoxy) is 1. The predicted octanol–water partition coefficient (Wildman–Crippen LogP) is 1.91. The van der Waals surface area contributed by atoms with Crippen LogP contribution in [0.15, 0.2) is 24.3 Å². The van der Waals surface area contributed by atoms with Crippen LogP contribution >= 0.6 is 0 Å². The number of anilines is 1. The molecule has 1 aromatic rings. The lowest BCUT2D eigenvalue weighted by atomic mass is 10.2. The average Bonchev–Trinajstić information content (AvgIpc) is 2.52.